The van der Waals surface area contributed by atoms with Crippen LogP contribution in [0.15, 0.2) is 71.6 Å². The maximum absolute atomic E-state index is 14.0. The van der Waals surface area contributed by atoms with Crippen LogP contribution in [-0.2, 0) is 26.2 Å². The van der Waals surface area contributed by atoms with Crippen molar-refractivity contribution in [1.29, 1.82) is 0 Å². The van der Waals surface area contributed by atoms with Crippen LogP contribution in [0.4, 0.5) is 5.69 Å². The molecule has 0 bridgehead atoms. The Morgan fingerprint density at radius 2 is 1.57 bits per heavy atom. The molecule has 40 heavy (non-hydrogen) atoms. The van der Waals surface area contributed by atoms with E-state index in [1.807, 2.05) is 20.8 Å². The lowest BCUT2D eigenvalue weighted by molar-refractivity contribution is -0.139. The van der Waals surface area contributed by atoms with E-state index >= 15 is 0 Å². The minimum Gasteiger partial charge on any atom is -0.352 e. The van der Waals surface area contributed by atoms with Crippen molar-refractivity contribution in [3.8, 4) is 0 Å². The number of anilines is 1. The van der Waals surface area contributed by atoms with Crippen LogP contribution in [0.25, 0.3) is 0 Å². The fourth-order valence-corrected chi connectivity index (χ4v) is 6.05. The SMILES string of the molecule is CC[C@@H](C)NC(=O)[C@H](C)N(Cc1cccc(Cl)c1)C(=O)CN(c1ccc(Cl)cc1C)S(=O)(=O)c1ccc(C)cc1. The van der Waals surface area contributed by atoms with E-state index in [1.54, 1.807) is 68.4 Å². The third-order valence-corrected chi connectivity index (χ3v) is 8.97. The van der Waals surface area contributed by atoms with Crippen LogP contribution in [0.5, 0.6) is 0 Å². The summed E-state index contributed by atoms with van der Waals surface area (Å²) in [6.45, 7) is 8.59. The maximum atomic E-state index is 14.0. The highest BCUT2D eigenvalue weighted by atomic mass is 35.5. The zero-order valence-electron chi connectivity index (χ0n) is 23.3. The van der Waals surface area contributed by atoms with Crippen LogP contribution in [0.2, 0.25) is 10.0 Å². The molecule has 1 N–H and O–H groups in total. The smallest absolute Gasteiger partial charge is 0.264 e. The Morgan fingerprint density at radius 3 is 2.17 bits per heavy atom. The molecule has 0 aliphatic heterocycles. The van der Waals surface area contributed by atoms with Gasteiger partial charge in [-0.15, -0.1) is 0 Å². The molecule has 10 heteroatoms. The van der Waals surface area contributed by atoms with Gasteiger partial charge >= 0.3 is 0 Å². The maximum Gasteiger partial charge on any atom is 0.264 e. The number of hydrogen-bond acceptors (Lipinski definition) is 4. The Balaban J connectivity index is 2.06. The molecular weight excluding hydrogens is 569 g/mol. The van der Waals surface area contributed by atoms with Gasteiger partial charge in [0.1, 0.15) is 12.6 Å². The van der Waals surface area contributed by atoms with E-state index in [1.165, 1.54) is 17.0 Å². The zero-order chi connectivity index (χ0) is 29.6. The third kappa shape index (κ3) is 7.77. The Hall–Kier alpha value is -3.07. The van der Waals surface area contributed by atoms with Gasteiger partial charge in [0, 0.05) is 22.6 Å². The molecule has 0 saturated heterocycles. The number of carbonyl (C=O) groups excluding carboxylic acids is 2. The highest BCUT2D eigenvalue weighted by Crippen LogP contribution is 2.29. The average molecular weight is 605 g/mol. The van der Waals surface area contributed by atoms with Gasteiger partial charge in [0.25, 0.3) is 10.0 Å². The van der Waals surface area contributed by atoms with Crippen molar-refractivity contribution in [3.63, 3.8) is 0 Å². The van der Waals surface area contributed by atoms with E-state index in [0.717, 1.165) is 16.3 Å². The first-order valence-corrected chi connectivity index (χ1v) is 15.2. The average Bonchev–Trinajstić information content (AvgIpc) is 2.90. The molecule has 0 spiro atoms. The molecule has 214 valence electrons. The molecular formula is C30H35Cl2N3O4S. The van der Waals surface area contributed by atoms with Crippen LogP contribution >= 0.6 is 23.2 Å². The molecule has 3 rings (SSSR count). The highest BCUT2D eigenvalue weighted by Gasteiger charge is 2.33. The first-order valence-electron chi connectivity index (χ1n) is 13.0. The summed E-state index contributed by atoms with van der Waals surface area (Å²) in [5.74, 6) is -0.878. The van der Waals surface area contributed by atoms with Crippen molar-refractivity contribution in [2.24, 2.45) is 0 Å². The molecule has 0 aromatic heterocycles. The number of sulfonamides is 1. The van der Waals surface area contributed by atoms with Crippen LogP contribution in [0.1, 0.15) is 43.9 Å². The minimum atomic E-state index is -4.16. The predicted octanol–water partition coefficient (Wildman–Crippen LogP) is 6.14. The summed E-state index contributed by atoms with van der Waals surface area (Å²) in [7, 11) is -4.16. The number of carbonyl (C=O) groups is 2. The second-order valence-electron chi connectivity index (χ2n) is 9.90. The molecule has 0 fully saturated rings. The molecule has 7 nitrogen and oxygen atoms in total. The number of nitrogens with zero attached hydrogens (tertiary/aromatic N) is 2. The second kappa shape index (κ2) is 13.5. The molecule has 2 atom stereocenters. The molecule has 0 saturated carbocycles. The van der Waals surface area contributed by atoms with Crippen molar-refractivity contribution < 1.29 is 18.0 Å². The van der Waals surface area contributed by atoms with Crippen LogP contribution < -0.4 is 9.62 Å². The molecule has 3 aromatic rings. The summed E-state index contributed by atoms with van der Waals surface area (Å²) in [5.41, 5.74) is 2.51. The molecule has 0 aliphatic carbocycles. The normalized spacial score (nSPS) is 12.9. The van der Waals surface area contributed by atoms with Gasteiger partial charge < -0.3 is 10.2 Å². The first-order chi connectivity index (χ1) is 18.8. The number of aryl methyl sites for hydroxylation is 2. The summed E-state index contributed by atoms with van der Waals surface area (Å²) in [4.78, 5) is 28.6. The van der Waals surface area contributed by atoms with E-state index < -0.39 is 28.5 Å². The highest BCUT2D eigenvalue weighted by molar-refractivity contribution is 7.92. The van der Waals surface area contributed by atoms with Crippen molar-refractivity contribution in [2.45, 2.75) is 64.6 Å². The number of hydrogen-bond donors (Lipinski definition) is 1. The van der Waals surface area contributed by atoms with E-state index in [-0.39, 0.29) is 23.4 Å². The number of rotatable bonds is 11. The Morgan fingerprint density at radius 1 is 0.925 bits per heavy atom. The molecule has 2 amide bonds. The van der Waals surface area contributed by atoms with Gasteiger partial charge in [-0.05, 0) is 87.7 Å². The van der Waals surface area contributed by atoms with Gasteiger partial charge in [0.15, 0.2) is 0 Å². The first kappa shape index (κ1) is 31.5. The third-order valence-electron chi connectivity index (χ3n) is 6.73. The second-order valence-corrected chi connectivity index (χ2v) is 12.6. The van der Waals surface area contributed by atoms with Gasteiger partial charge in [-0.3, -0.25) is 13.9 Å². The molecule has 0 radical (unpaired) electrons. The van der Waals surface area contributed by atoms with Crippen LogP contribution in [0, 0.1) is 13.8 Å². The lowest BCUT2D eigenvalue weighted by Gasteiger charge is -2.33. The van der Waals surface area contributed by atoms with E-state index in [2.05, 4.69) is 5.32 Å². The van der Waals surface area contributed by atoms with Crippen LogP contribution in [-0.4, -0.2) is 43.8 Å². The van der Waals surface area contributed by atoms with Gasteiger partial charge in [0.2, 0.25) is 11.8 Å². The quantitative estimate of drug-likeness (QED) is 0.285. The van der Waals surface area contributed by atoms with Crippen molar-refractivity contribution in [3.05, 3.63) is 93.5 Å². The fraction of sp³-hybridized carbons (Fsp3) is 0.333. The summed E-state index contributed by atoms with van der Waals surface area (Å²) in [6, 6.07) is 17.3. The minimum absolute atomic E-state index is 0.0456. The number of amides is 2. The zero-order valence-corrected chi connectivity index (χ0v) is 25.6. The number of nitrogens with one attached hydrogen (secondary N) is 1. The van der Waals surface area contributed by atoms with E-state index in [4.69, 9.17) is 23.2 Å². The summed E-state index contributed by atoms with van der Waals surface area (Å²) in [5, 5.41) is 3.85. The number of benzene rings is 3. The summed E-state index contributed by atoms with van der Waals surface area (Å²) in [6.07, 6.45) is 0.721. The summed E-state index contributed by atoms with van der Waals surface area (Å²) >= 11 is 12.4. The topological polar surface area (TPSA) is 86.8 Å². The van der Waals surface area contributed by atoms with Gasteiger partial charge in [-0.2, -0.15) is 0 Å². The standard InChI is InChI=1S/C30H35Cl2N3O4S/c1-6-22(4)33-30(37)23(5)34(18-24-8-7-9-25(31)17-24)29(36)19-35(28-15-12-26(32)16-21(28)3)40(38,39)27-13-10-20(2)11-14-27/h7-17,22-23H,6,18-19H2,1-5H3,(H,33,37)/t22-,23+/m1/s1. The number of halogens is 2. The molecule has 0 aliphatic rings. The molecule has 0 heterocycles. The lowest BCUT2D eigenvalue weighted by atomic mass is 10.1. The molecule has 0 unspecified atom stereocenters. The monoisotopic (exact) mass is 603 g/mol. The Labute approximate surface area is 247 Å². The van der Waals surface area contributed by atoms with Crippen LogP contribution in [0.3, 0.4) is 0 Å². The predicted molar refractivity (Wildman–Crippen MR) is 161 cm³/mol. The van der Waals surface area contributed by atoms with E-state index in [9.17, 15) is 18.0 Å². The van der Waals surface area contributed by atoms with Crippen molar-refractivity contribution in [2.75, 3.05) is 10.8 Å². The Bertz CT molecular complexity index is 1460. The van der Waals surface area contributed by atoms with Crippen molar-refractivity contribution in [1.82, 2.24) is 10.2 Å². The fourth-order valence-electron chi connectivity index (χ4n) is 4.13. The Kier molecular flexibility index (Phi) is 10.6. The van der Waals surface area contributed by atoms with E-state index in [0.29, 0.717) is 26.9 Å². The van der Waals surface area contributed by atoms with Gasteiger partial charge in [0.05, 0.1) is 10.6 Å². The lowest BCUT2D eigenvalue weighted by Crippen LogP contribution is -2.52. The largest absolute Gasteiger partial charge is 0.352 e. The molecule has 3 aromatic carbocycles. The summed E-state index contributed by atoms with van der Waals surface area (Å²) < 4.78 is 29.0. The van der Waals surface area contributed by atoms with Gasteiger partial charge in [-0.1, -0.05) is 60.0 Å². The van der Waals surface area contributed by atoms with Crippen molar-refractivity contribution >= 4 is 50.7 Å². The van der Waals surface area contributed by atoms with Gasteiger partial charge in [-0.25, -0.2) is 8.42 Å².